The van der Waals surface area contributed by atoms with Crippen LogP contribution in [0.4, 0.5) is 17.1 Å². The zero-order chi connectivity index (χ0) is 26.3. The molecule has 0 saturated carbocycles. The Morgan fingerprint density at radius 1 is 0.842 bits per heavy atom. The van der Waals surface area contributed by atoms with Gasteiger partial charge >= 0.3 is 5.97 Å². The van der Waals surface area contributed by atoms with Gasteiger partial charge < -0.3 is 19.7 Å². The van der Waals surface area contributed by atoms with Crippen LogP contribution in [0.5, 0.6) is 11.5 Å². The maximum absolute atomic E-state index is 13.3. The molecule has 0 bridgehead atoms. The highest BCUT2D eigenvalue weighted by atomic mass is 16.6. The van der Waals surface area contributed by atoms with Gasteiger partial charge in [0.2, 0.25) is 0 Å². The SMILES string of the molecule is CCCCN(CC)c1ccc2c(c1)Oc1cc(C)c(Nc3ccccc3)cc1C21OC(=O)c2ccccc21. The van der Waals surface area contributed by atoms with E-state index in [4.69, 9.17) is 9.47 Å². The summed E-state index contributed by atoms with van der Waals surface area (Å²) < 4.78 is 13.0. The van der Waals surface area contributed by atoms with Gasteiger partial charge in [0.05, 0.1) is 5.56 Å². The molecule has 2 heterocycles. The summed E-state index contributed by atoms with van der Waals surface area (Å²) in [7, 11) is 0. The number of hydrogen-bond donors (Lipinski definition) is 1. The topological polar surface area (TPSA) is 50.8 Å². The molecule has 0 amide bonds. The maximum atomic E-state index is 13.3. The van der Waals surface area contributed by atoms with Crippen LogP contribution in [0.3, 0.4) is 0 Å². The quantitative estimate of drug-likeness (QED) is 0.259. The van der Waals surface area contributed by atoms with Gasteiger partial charge in [-0.2, -0.15) is 0 Å². The van der Waals surface area contributed by atoms with Gasteiger partial charge in [-0.3, -0.25) is 0 Å². The van der Waals surface area contributed by atoms with Crippen molar-refractivity contribution in [2.75, 3.05) is 23.3 Å². The number of anilines is 3. The van der Waals surface area contributed by atoms with Crippen LogP contribution in [-0.4, -0.2) is 19.1 Å². The number of unbranched alkanes of at least 4 members (excludes halogenated alkanes) is 1. The van der Waals surface area contributed by atoms with Crippen molar-refractivity contribution in [1.29, 1.82) is 0 Å². The maximum Gasteiger partial charge on any atom is 0.340 e. The van der Waals surface area contributed by atoms with Crippen molar-refractivity contribution in [2.45, 2.75) is 39.2 Å². The molecule has 0 fully saturated rings. The molecular weight excluding hydrogens is 472 g/mol. The molecule has 4 aromatic carbocycles. The molecule has 192 valence electrons. The van der Waals surface area contributed by atoms with Gasteiger partial charge in [0, 0.05) is 52.9 Å². The Labute approximate surface area is 224 Å². The summed E-state index contributed by atoms with van der Waals surface area (Å²) in [6, 6.07) is 28.2. The fourth-order valence-electron chi connectivity index (χ4n) is 5.64. The monoisotopic (exact) mass is 504 g/mol. The molecular formula is C33H32N2O3. The number of ether oxygens (including phenoxy) is 2. The average Bonchev–Trinajstić information content (AvgIpc) is 3.23. The lowest BCUT2D eigenvalue weighted by atomic mass is 9.77. The first kappa shape index (κ1) is 24.1. The highest BCUT2D eigenvalue weighted by Gasteiger charge is 2.53. The lowest BCUT2D eigenvalue weighted by molar-refractivity contribution is 0.0224. The summed E-state index contributed by atoms with van der Waals surface area (Å²) >= 11 is 0. The van der Waals surface area contributed by atoms with Crippen LogP contribution in [0.1, 0.15) is 59.3 Å². The fraction of sp³-hybridized carbons (Fsp3) is 0.242. The summed E-state index contributed by atoms with van der Waals surface area (Å²) in [4.78, 5) is 15.6. The Hall–Kier alpha value is -4.25. The molecule has 0 saturated heterocycles. The predicted octanol–water partition coefficient (Wildman–Crippen LogP) is 7.93. The van der Waals surface area contributed by atoms with Crippen molar-refractivity contribution in [2.24, 2.45) is 0 Å². The second-order valence-electron chi connectivity index (χ2n) is 9.99. The molecule has 5 heteroatoms. The number of nitrogens with one attached hydrogen (secondary N) is 1. The summed E-state index contributed by atoms with van der Waals surface area (Å²) in [5, 5.41) is 3.54. The summed E-state index contributed by atoms with van der Waals surface area (Å²) in [5.41, 5.74) is 6.08. The van der Waals surface area contributed by atoms with Gasteiger partial charge in [-0.25, -0.2) is 4.79 Å². The minimum Gasteiger partial charge on any atom is -0.456 e. The number of benzene rings is 4. The van der Waals surface area contributed by atoms with Gasteiger partial charge in [0.1, 0.15) is 11.5 Å². The fourth-order valence-corrected chi connectivity index (χ4v) is 5.64. The number of esters is 1. The van der Waals surface area contributed by atoms with Crippen molar-refractivity contribution >= 4 is 23.0 Å². The van der Waals surface area contributed by atoms with E-state index in [0.717, 1.165) is 71.0 Å². The highest BCUT2D eigenvalue weighted by Crippen LogP contribution is 2.57. The van der Waals surface area contributed by atoms with E-state index in [2.05, 4.69) is 55.3 Å². The largest absolute Gasteiger partial charge is 0.456 e. The third-order valence-corrected chi connectivity index (χ3v) is 7.62. The number of nitrogens with zero attached hydrogens (tertiary/aromatic N) is 1. The summed E-state index contributed by atoms with van der Waals surface area (Å²) in [5.74, 6) is 1.10. The Morgan fingerprint density at radius 3 is 2.39 bits per heavy atom. The zero-order valence-electron chi connectivity index (χ0n) is 22.1. The predicted molar refractivity (Wildman–Crippen MR) is 152 cm³/mol. The first-order valence-corrected chi connectivity index (χ1v) is 13.4. The van der Waals surface area contributed by atoms with Crippen LogP contribution in [0.2, 0.25) is 0 Å². The standard InChI is InChI=1S/C33H32N2O3/c1-4-6-18-35(5-2)24-16-17-27-31(20-24)37-30-19-22(3)29(34-23-12-8-7-9-13-23)21-28(30)33(27)26-15-11-10-14-25(26)32(36)38-33/h7-17,19-21,34H,4-6,18H2,1-3H3. The Bertz CT molecular complexity index is 1510. The van der Waals surface area contributed by atoms with Gasteiger partial charge in [0.25, 0.3) is 0 Å². The second kappa shape index (κ2) is 9.56. The Morgan fingerprint density at radius 2 is 1.61 bits per heavy atom. The molecule has 1 N–H and O–H groups in total. The molecule has 6 rings (SSSR count). The van der Waals surface area contributed by atoms with Crippen molar-refractivity contribution in [3.05, 3.63) is 113 Å². The number of carbonyl (C=O) groups is 1. The number of para-hydroxylation sites is 1. The van der Waals surface area contributed by atoms with Crippen LogP contribution in [-0.2, 0) is 10.3 Å². The molecule has 0 aromatic heterocycles. The smallest absolute Gasteiger partial charge is 0.340 e. The summed E-state index contributed by atoms with van der Waals surface area (Å²) in [6.07, 6.45) is 2.26. The number of fused-ring (bicyclic) bond motifs is 6. The lowest BCUT2D eigenvalue weighted by Crippen LogP contribution is -2.33. The molecule has 4 aromatic rings. The van der Waals surface area contributed by atoms with Crippen molar-refractivity contribution in [3.8, 4) is 11.5 Å². The lowest BCUT2D eigenvalue weighted by Gasteiger charge is -2.38. The van der Waals surface area contributed by atoms with Crippen LogP contribution in [0.25, 0.3) is 0 Å². The van der Waals surface area contributed by atoms with E-state index in [0.29, 0.717) is 11.3 Å². The second-order valence-corrected chi connectivity index (χ2v) is 9.99. The van der Waals surface area contributed by atoms with Gasteiger partial charge in [-0.15, -0.1) is 0 Å². The van der Waals surface area contributed by atoms with E-state index in [9.17, 15) is 4.79 Å². The molecule has 1 spiro atoms. The van der Waals surface area contributed by atoms with E-state index >= 15 is 0 Å². The van der Waals surface area contributed by atoms with Crippen LogP contribution in [0, 0.1) is 6.92 Å². The van der Waals surface area contributed by atoms with E-state index in [1.165, 1.54) is 0 Å². The number of carbonyl (C=O) groups excluding carboxylic acids is 1. The molecule has 1 atom stereocenters. The van der Waals surface area contributed by atoms with E-state index < -0.39 is 5.60 Å². The molecule has 2 aliphatic heterocycles. The minimum atomic E-state index is -1.09. The Balaban J connectivity index is 1.54. The highest BCUT2D eigenvalue weighted by molar-refractivity contribution is 5.97. The van der Waals surface area contributed by atoms with Crippen LogP contribution < -0.4 is 15.0 Å². The van der Waals surface area contributed by atoms with Crippen molar-refractivity contribution < 1.29 is 14.3 Å². The van der Waals surface area contributed by atoms with E-state index in [1.807, 2.05) is 60.7 Å². The third-order valence-electron chi connectivity index (χ3n) is 7.62. The number of aryl methyl sites for hydroxylation is 1. The summed E-state index contributed by atoms with van der Waals surface area (Å²) in [6.45, 7) is 8.34. The molecule has 1 unspecified atom stereocenters. The van der Waals surface area contributed by atoms with Gasteiger partial charge in [-0.05, 0) is 68.3 Å². The van der Waals surface area contributed by atoms with Crippen LogP contribution in [0.15, 0.2) is 84.9 Å². The van der Waals surface area contributed by atoms with Gasteiger partial charge in [0.15, 0.2) is 5.60 Å². The molecule has 38 heavy (non-hydrogen) atoms. The zero-order valence-corrected chi connectivity index (χ0v) is 22.1. The minimum absolute atomic E-state index is 0.320. The number of hydrogen-bond acceptors (Lipinski definition) is 5. The molecule has 5 nitrogen and oxygen atoms in total. The van der Waals surface area contributed by atoms with Gasteiger partial charge in [-0.1, -0.05) is 49.7 Å². The molecule has 0 radical (unpaired) electrons. The Kier molecular flexibility index (Phi) is 6.07. The van der Waals surface area contributed by atoms with E-state index in [-0.39, 0.29) is 5.97 Å². The molecule has 0 aliphatic carbocycles. The first-order chi connectivity index (χ1) is 18.5. The average molecular weight is 505 g/mol. The van der Waals surface area contributed by atoms with Crippen LogP contribution >= 0.6 is 0 Å². The first-order valence-electron chi connectivity index (χ1n) is 13.4. The third kappa shape index (κ3) is 3.81. The number of rotatable bonds is 7. The van der Waals surface area contributed by atoms with Crippen molar-refractivity contribution in [3.63, 3.8) is 0 Å². The molecule has 2 aliphatic rings. The normalized spacial score (nSPS) is 16.8. The van der Waals surface area contributed by atoms with Crippen molar-refractivity contribution in [1.82, 2.24) is 0 Å². The van der Waals surface area contributed by atoms with E-state index in [1.54, 1.807) is 0 Å².